The van der Waals surface area contributed by atoms with Crippen LogP contribution in [0.15, 0.2) is 18.2 Å². The van der Waals surface area contributed by atoms with Crippen molar-refractivity contribution >= 4 is 0 Å². The Hall–Kier alpha value is -1.27. The fourth-order valence-corrected chi connectivity index (χ4v) is 1.61. The molecule has 0 saturated heterocycles. The first-order valence-electron chi connectivity index (χ1n) is 5.43. The average molecular weight is 263 g/mol. The third kappa shape index (κ3) is 3.89. The molecule has 0 heterocycles. The van der Waals surface area contributed by atoms with Gasteiger partial charge < -0.3 is 14.8 Å². The fourth-order valence-electron chi connectivity index (χ4n) is 1.61. The van der Waals surface area contributed by atoms with Gasteiger partial charge in [-0.2, -0.15) is 13.2 Å². The number of hydrogen-bond donors (Lipinski definition) is 1. The number of benzene rings is 1. The van der Waals surface area contributed by atoms with Crippen molar-refractivity contribution in [2.24, 2.45) is 0 Å². The molecule has 0 fully saturated rings. The zero-order valence-corrected chi connectivity index (χ0v) is 10.3. The minimum absolute atomic E-state index is 0.120. The van der Waals surface area contributed by atoms with Crippen LogP contribution >= 0.6 is 0 Å². The van der Waals surface area contributed by atoms with Crippen LogP contribution in [0.2, 0.25) is 0 Å². The normalized spacial score (nSPS) is 11.6. The molecule has 0 radical (unpaired) electrons. The van der Waals surface area contributed by atoms with Crippen molar-refractivity contribution in [2.45, 2.75) is 12.7 Å². The van der Waals surface area contributed by atoms with Crippen molar-refractivity contribution in [3.63, 3.8) is 0 Å². The minimum Gasteiger partial charge on any atom is -0.496 e. The summed E-state index contributed by atoms with van der Waals surface area (Å²) in [6, 6.07) is 4.29. The summed E-state index contributed by atoms with van der Waals surface area (Å²) in [6.45, 7) is 1.06. The van der Waals surface area contributed by atoms with Crippen LogP contribution in [0.25, 0.3) is 0 Å². The van der Waals surface area contributed by atoms with E-state index in [1.54, 1.807) is 6.07 Å². The van der Waals surface area contributed by atoms with Crippen molar-refractivity contribution in [1.82, 2.24) is 5.32 Å². The van der Waals surface area contributed by atoms with E-state index in [0.29, 0.717) is 13.2 Å². The molecular formula is C12H16F3NO2. The molecule has 0 saturated carbocycles. The smallest absolute Gasteiger partial charge is 0.420 e. The van der Waals surface area contributed by atoms with E-state index < -0.39 is 11.7 Å². The first-order valence-corrected chi connectivity index (χ1v) is 5.43. The number of halogens is 3. The van der Waals surface area contributed by atoms with E-state index in [0.717, 1.165) is 0 Å². The highest BCUT2D eigenvalue weighted by atomic mass is 19.4. The molecule has 102 valence electrons. The highest BCUT2D eigenvalue weighted by Crippen LogP contribution is 2.38. The summed E-state index contributed by atoms with van der Waals surface area (Å²) >= 11 is 0. The maximum atomic E-state index is 12.9. The fraction of sp³-hybridized carbons (Fsp3) is 0.500. The number of hydrogen-bond acceptors (Lipinski definition) is 3. The SMILES string of the molecule is COCCNCc1cccc(OC)c1C(F)(F)F. The summed E-state index contributed by atoms with van der Waals surface area (Å²) in [4.78, 5) is 0. The third-order valence-corrected chi connectivity index (χ3v) is 2.41. The first-order chi connectivity index (χ1) is 8.50. The first kappa shape index (κ1) is 14.8. The maximum Gasteiger partial charge on any atom is 0.420 e. The molecule has 0 amide bonds. The van der Waals surface area contributed by atoms with Crippen LogP contribution in [0, 0.1) is 0 Å². The largest absolute Gasteiger partial charge is 0.496 e. The molecule has 0 aromatic heterocycles. The molecule has 0 spiro atoms. The predicted molar refractivity (Wildman–Crippen MR) is 61.6 cm³/mol. The third-order valence-electron chi connectivity index (χ3n) is 2.41. The molecule has 0 aliphatic rings. The van der Waals surface area contributed by atoms with Gasteiger partial charge in [0.15, 0.2) is 0 Å². The van der Waals surface area contributed by atoms with Gasteiger partial charge in [-0.3, -0.25) is 0 Å². The van der Waals surface area contributed by atoms with Crippen LogP contribution in [-0.4, -0.2) is 27.4 Å². The van der Waals surface area contributed by atoms with Gasteiger partial charge in [0.1, 0.15) is 11.3 Å². The molecule has 0 aliphatic heterocycles. The van der Waals surface area contributed by atoms with Crippen molar-refractivity contribution in [3.05, 3.63) is 29.3 Å². The van der Waals surface area contributed by atoms with Crippen molar-refractivity contribution < 1.29 is 22.6 Å². The van der Waals surface area contributed by atoms with E-state index >= 15 is 0 Å². The summed E-state index contributed by atoms with van der Waals surface area (Å²) in [5, 5.41) is 2.89. The number of rotatable bonds is 6. The number of alkyl halides is 3. The van der Waals surface area contributed by atoms with Gasteiger partial charge in [-0.1, -0.05) is 12.1 Å². The zero-order valence-electron chi connectivity index (χ0n) is 10.3. The van der Waals surface area contributed by atoms with Crippen LogP contribution in [0.3, 0.4) is 0 Å². The Morgan fingerprint density at radius 1 is 1.22 bits per heavy atom. The van der Waals surface area contributed by atoms with E-state index in [2.05, 4.69) is 5.32 Å². The van der Waals surface area contributed by atoms with E-state index in [9.17, 15) is 13.2 Å². The van der Waals surface area contributed by atoms with Crippen LogP contribution in [0.1, 0.15) is 11.1 Å². The maximum absolute atomic E-state index is 12.9. The lowest BCUT2D eigenvalue weighted by atomic mass is 10.1. The van der Waals surface area contributed by atoms with E-state index in [-0.39, 0.29) is 17.9 Å². The van der Waals surface area contributed by atoms with Crippen LogP contribution in [0.5, 0.6) is 5.75 Å². The Balaban J connectivity index is 2.89. The lowest BCUT2D eigenvalue weighted by Gasteiger charge is -2.16. The molecule has 0 unspecified atom stereocenters. The van der Waals surface area contributed by atoms with Crippen LogP contribution < -0.4 is 10.1 Å². The highest BCUT2D eigenvalue weighted by Gasteiger charge is 2.36. The van der Waals surface area contributed by atoms with Crippen LogP contribution in [-0.2, 0) is 17.5 Å². The topological polar surface area (TPSA) is 30.5 Å². The van der Waals surface area contributed by atoms with Gasteiger partial charge >= 0.3 is 6.18 Å². The van der Waals surface area contributed by atoms with Gasteiger partial charge in [-0.25, -0.2) is 0 Å². The summed E-state index contributed by atoms with van der Waals surface area (Å²) in [5.41, 5.74) is -0.560. The van der Waals surface area contributed by atoms with Crippen molar-refractivity contribution in [2.75, 3.05) is 27.4 Å². The van der Waals surface area contributed by atoms with Crippen molar-refractivity contribution in [1.29, 1.82) is 0 Å². The average Bonchev–Trinajstić information content (AvgIpc) is 2.33. The molecule has 1 aromatic carbocycles. The summed E-state index contributed by atoms with van der Waals surface area (Å²) in [7, 11) is 2.76. The molecule has 0 aliphatic carbocycles. The van der Waals surface area contributed by atoms with Gasteiger partial charge in [0, 0.05) is 20.2 Å². The van der Waals surface area contributed by atoms with Crippen LogP contribution in [0.4, 0.5) is 13.2 Å². The van der Waals surface area contributed by atoms with E-state index in [4.69, 9.17) is 9.47 Å². The van der Waals surface area contributed by atoms with Crippen molar-refractivity contribution in [3.8, 4) is 5.75 Å². The zero-order chi connectivity index (χ0) is 13.6. The number of methoxy groups -OCH3 is 2. The standard InChI is InChI=1S/C12H16F3NO2/c1-17-7-6-16-8-9-4-3-5-10(18-2)11(9)12(13,14)15/h3-5,16H,6-8H2,1-2H3. The second kappa shape index (κ2) is 6.61. The molecule has 6 heteroatoms. The second-order valence-electron chi connectivity index (χ2n) is 3.66. The Kier molecular flexibility index (Phi) is 5.43. The van der Waals surface area contributed by atoms with Gasteiger partial charge in [0.2, 0.25) is 0 Å². The van der Waals surface area contributed by atoms with Gasteiger partial charge in [-0.05, 0) is 11.6 Å². The van der Waals surface area contributed by atoms with Gasteiger partial charge in [0.05, 0.1) is 13.7 Å². The number of ether oxygens (including phenoxy) is 2. The molecule has 3 nitrogen and oxygen atoms in total. The second-order valence-corrected chi connectivity index (χ2v) is 3.66. The molecule has 1 N–H and O–H groups in total. The Morgan fingerprint density at radius 3 is 2.50 bits per heavy atom. The van der Waals surface area contributed by atoms with E-state index in [1.807, 2.05) is 0 Å². The molecular weight excluding hydrogens is 247 g/mol. The number of nitrogens with one attached hydrogen (secondary N) is 1. The van der Waals surface area contributed by atoms with Gasteiger partial charge in [0.25, 0.3) is 0 Å². The monoisotopic (exact) mass is 263 g/mol. The molecule has 1 rings (SSSR count). The predicted octanol–water partition coefficient (Wildman–Crippen LogP) is 2.45. The minimum atomic E-state index is -4.43. The Bertz CT molecular complexity index is 380. The molecule has 18 heavy (non-hydrogen) atoms. The van der Waals surface area contributed by atoms with Gasteiger partial charge in [-0.15, -0.1) is 0 Å². The lowest BCUT2D eigenvalue weighted by molar-refractivity contribution is -0.139. The Labute approximate surface area is 104 Å². The molecule has 0 bridgehead atoms. The highest BCUT2D eigenvalue weighted by molar-refractivity contribution is 5.42. The Morgan fingerprint density at radius 2 is 1.94 bits per heavy atom. The molecule has 1 aromatic rings. The summed E-state index contributed by atoms with van der Waals surface area (Å²) < 4.78 is 48.4. The summed E-state index contributed by atoms with van der Waals surface area (Å²) in [6.07, 6.45) is -4.43. The van der Waals surface area contributed by atoms with E-state index in [1.165, 1.54) is 26.4 Å². The summed E-state index contributed by atoms with van der Waals surface area (Å²) in [5.74, 6) is -0.159. The molecule has 0 atom stereocenters. The lowest BCUT2D eigenvalue weighted by Crippen LogP contribution is -2.21. The quantitative estimate of drug-likeness (QED) is 0.800.